The molecule has 0 aliphatic carbocycles. The van der Waals surface area contributed by atoms with E-state index in [2.05, 4.69) is 4.18 Å². The van der Waals surface area contributed by atoms with Gasteiger partial charge in [0.15, 0.2) is 0 Å². The van der Waals surface area contributed by atoms with Gasteiger partial charge in [-0.25, -0.2) is 4.79 Å². The monoisotopic (exact) mass is 237 g/mol. The summed E-state index contributed by atoms with van der Waals surface area (Å²) in [6.07, 6.45) is 0. The van der Waals surface area contributed by atoms with E-state index in [-0.39, 0.29) is 9.09 Å². The van der Waals surface area contributed by atoms with Crippen molar-refractivity contribution in [2.45, 2.75) is 4.21 Å². The van der Waals surface area contributed by atoms with Gasteiger partial charge in [0.2, 0.25) is 0 Å². The third-order valence-electron chi connectivity index (χ3n) is 1.26. The molecule has 0 spiro atoms. The van der Waals surface area contributed by atoms with Crippen LogP contribution in [0, 0.1) is 0 Å². The summed E-state index contributed by atoms with van der Waals surface area (Å²) >= 11 is 0.620. The Balaban J connectivity index is 3.03. The second kappa shape index (κ2) is 4.05. The van der Waals surface area contributed by atoms with E-state index in [0.717, 1.165) is 0 Å². The molecule has 0 saturated heterocycles. The Hall–Kier alpha value is -0.960. The predicted octanol–water partition coefficient (Wildman–Crippen LogP) is 0.0678. The Morgan fingerprint density at radius 2 is 2.21 bits per heavy atom. The molecule has 1 aromatic rings. The third kappa shape index (κ3) is 2.29. The number of nitrogens with two attached hydrogens (primary N) is 1. The van der Waals surface area contributed by atoms with Crippen LogP contribution in [0.1, 0.15) is 9.67 Å². The Bertz CT molecular complexity index is 435. The first-order valence-corrected chi connectivity index (χ1v) is 5.62. The lowest BCUT2D eigenvalue weighted by atomic mass is 10.5. The number of rotatable bonds is 4. The Labute approximate surface area is 84.0 Å². The molecule has 0 atom stereocenters. The van der Waals surface area contributed by atoms with Gasteiger partial charge in [-0.05, 0) is 12.1 Å². The molecule has 3 N–H and O–H groups in total. The van der Waals surface area contributed by atoms with E-state index >= 15 is 0 Å². The largest absolute Gasteiger partial charge is 0.477 e. The summed E-state index contributed by atoms with van der Waals surface area (Å²) in [6, 6.07) is 2.36. The van der Waals surface area contributed by atoms with Gasteiger partial charge in [0, 0.05) is 0 Å². The van der Waals surface area contributed by atoms with Crippen LogP contribution in [0.3, 0.4) is 0 Å². The van der Waals surface area contributed by atoms with Crippen molar-refractivity contribution in [1.82, 2.24) is 0 Å². The van der Waals surface area contributed by atoms with Crippen LogP contribution in [-0.4, -0.2) is 26.2 Å². The summed E-state index contributed by atoms with van der Waals surface area (Å²) in [6.45, 7) is -0.470. The van der Waals surface area contributed by atoms with Crippen molar-refractivity contribution >= 4 is 27.4 Å². The Morgan fingerprint density at radius 3 is 2.64 bits per heavy atom. The van der Waals surface area contributed by atoms with Crippen LogP contribution >= 0.6 is 11.3 Å². The first-order chi connectivity index (χ1) is 6.47. The molecule has 0 fully saturated rings. The van der Waals surface area contributed by atoms with Crippen LogP contribution in [0.5, 0.6) is 0 Å². The number of thiophene rings is 1. The zero-order valence-corrected chi connectivity index (χ0v) is 8.47. The Morgan fingerprint density at radius 1 is 1.57 bits per heavy atom. The summed E-state index contributed by atoms with van der Waals surface area (Å²) in [4.78, 5) is 10.4. The molecule has 6 nitrogen and oxygen atoms in total. The van der Waals surface area contributed by atoms with Crippen molar-refractivity contribution in [3.8, 4) is 0 Å². The standard InChI is InChI=1S/C6H7NO5S2/c7-3-12-14(10,11)5-2-1-4(13-5)6(8)9/h1-2H,3,7H2,(H,8,9). The molecule has 0 radical (unpaired) electrons. The summed E-state index contributed by atoms with van der Waals surface area (Å²) in [7, 11) is -3.89. The molecule has 0 aromatic carbocycles. The highest BCUT2D eigenvalue weighted by Crippen LogP contribution is 2.22. The minimum atomic E-state index is -3.89. The highest BCUT2D eigenvalue weighted by Gasteiger charge is 2.19. The minimum absolute atomic E-state index is 0.0656. The van der Waals surface area contributed by atoms with Crippen molar-refractivity contribution in [1.29, 1.82) is 0 Å². The quantitative estimate of drug-likeness (QED) is 0.566. The van der Waals surface area contributed by atoms with E-state index < -0.39 is 22.8 Å². The van der Waals surface area contributed by atoms with Gasteiger partial charge < -0.3 is 10.8 Å². The lowest BCUT2D eigenvalue weighted by molar-refractivity contribution is 0.0702. The molecule has 1 aromatic heterocycles. The molecule has 78 valence electrons. The smallest absolute Gasteiger partial charge is 0.345 e. The van der Waals surface area contributed by atoms with Gasteiger partial charge in [-0.2, -0.15) is 8.42 Å². The molecule has 0 aliphatic heterocycles. The predicted molar refractivity (Wildman–Crippen MR) is 48.6 cm³/mol. The van der Waals surface area contributed by atoms with Gasteiger partial charge in [-0.15, -0.1) is 11.3 Å². The lowest BCUT2D eigenvalue weighted by Gasteiger charge is -1.97. The van der Waals surface area contributed by atoms with Gasteiger partial charge in [-0.1, -0.05) is 0 Å². The Kier molecular flexibility index (Phi) is 3.21. The zero-order valence-electron chi connectivity index (χ0n) is 6.84. The van der Waals surface area contributed by atoms with E-state index in [1.807, 2.05) is 0 Å². The molecule has 0 amide bonds. The normalized spacial score (nSPS) is 11.5. The maximum Gasteiger partial charge on any atom is 0.345 e. The fourth-order valence-electron chi connectivity index (χ4n) is 0.717. The first kappa shape index (κ1) is 11.1. The number of carbonyl (C=O) groups is 1. The topological polar surface area (TPSA) is 107 Å². The van der Waals surface area contributed by atoms with Crippen molar-refractivity contribution in [2.24, 2.45) is 5.73 Å². The molecule has 0 unspecified atom stereocenters. The molecule has 1 heterocycles. The SMILES string of the molecule is NCOS(=O)(=O)c1ccc(C(=O)O)s1. The second-order valence-electron chi connectivity index (χ2n) is 2.16. The summed E-state index contributed by atoms with van der Waals surface area (Å²) in [5, 5.41) is 8.54. The minimum Gasteiger partial charge on any atom is -0.477 e. The van der Waals surface area contributed by atoms with E-state index in [0.29, 0.717) is 11.3 Å². The molecule has 14 heavy (non-hydrogen) atoms. The molecule has 1 rings (SSSR count). The summed E-state index contributed by atoms with van der Waals surface area (Å²) in [5.74, 6) is -1.18. The summed E-state index contributed by atoms with van der Waals surface area (Å²) in [5.41, 5.74) is 4.91. The maximum absolute atomic E-state index is 11.2. The molecular formula is C6H7NO5S2. The lowest BCUT2D eigenvalue weighted by Crippen LogP contribution is -2.11. The van der Waals surface area contributed by atoms with E-state index in [1.165, 1.54) is 12.1 Å². The average molecular weight is 237 g/mol. The molecule has 0 bridgehead atoms. The van der Waals surface area contributed by atoms with Crippen LogP contribution in [0.2, 0.25) is 0 Å². The number of aromatic carboxylic acids is 1. The zero-order chi connectivity index (χ0) is 10.8. The number of carboxylic acids is 1. The van der Waals surface area contributed by atoms with Gasteiger partial charge >= 0.3 is 16.1 Å². The number of carboxylic acid groups (broad SMARTS) is 1. The summed E-state index contributed by atoms with van der Waals surface area (Å²) < 4.78 is 26.5. The molecule has 8 heteroatoms. The number of hydrogen-bond donors (Lipinski definition) is 2. The van der Waals surface area contributed by atoms with Gasteiger partial charge in [0.05, 0.1) is 0 Å². The second-order valence-corrected chi connectivity index (χ2v) is 5.09. The van der Waals surface area contributed by atoms with E-state index in [1.54, 1.807) is 0 Å². The maximum atomic E-state index is 11.2. The van der Waals surface area contributed by atoms with Crippen molar-refractivity contribution in [2.75, 3.05) is 6.73 Å². The van der Waals surface area contributed by atoms with Crippen molar-refractivity contribution in [3.63, 3.8) is 0 Å². The van der Waals surface area contributed by atoms with E-state index in [4.69, 9.17) is 10.8 Å². The highest BCUT2D eigenvalue weighted by molar-refractivity contribution is 7.89. The van der Waals surface area contributed by atoms with Crippen LogP contribution in [0.4, 0.5) is 0 Å². The van der Waals surface area contributed by atoms with Crippen LogP contribution < -0.4 is 5.73 Å². The van der Waals surface area contributed by atoms with Gasteiger partial charge in [0.25, 0.3) is 0 Å². The average Bonchev–Trinajstić information content (AvgIpc) is 2.51. The fraction of sp³-hybridized carbons (Fsp3) is 0.167. The van der Waals surface area contributed by atoms with Crippen LogP contribution in [0.25, 0.3) is 0 Å². The van der Waals surface area contributed by atoms with Gasteiger partial charge in [0.1, 0.15) is 15.8 Å². The highest BCUT2D eigenvalue weighted by atomic mass is 32.3. The van der Waals surface area contributed by atoms with Gasteiger partial charge in [-0.3, -0.25) is 4.18 Å². The molecule has 0 aliphatic rings. The number of hydrogen-bond acceptors (Lipinski definition) is 6. The van der Waals surface area contributed by atoms with Crippen molar-refractivity contribution in [3.05, 3.63) is 17.0 Å². The third-order valence-corrected chi connectivity index (χ3v) is 4.07. The van der Waals surface area contributed by atoms with E-state index in [9.17, 15) is 13.2 Å². The molecular weight excluding hydrogens is 230 g/mol. The van der Waals surface area contributed by atoms with Crippen molar-refractivity contribution < 1.29 is 22.5 Å². The first-order valence-electron chi connectivity index (χ1n) is 3.40. The van der Waals surface area contributed by atoms with Crippen LogP contribution in [-0.2, 0) is 14.3 Å². The molecule has 0 saturated carbocycles. The fourth-order valence-corrected chi connectivity index (χ4v) is 2.65. The van der Waals surface area contributed by atoms with Crippen LogP contribution in [0.15, 0.2) is 16.3 Å².